The Labute approximate surface area is 116 Å². The van der Waals surface area contributed by atoms with Crippen LogP contribution in [-0.2, 0) is 9.53 Å². The summed E-state index contributed by atoms with van der Waals surface area (Å²) in [7, 11) is 0. The summed E-state index contributed by atoms with van der Waals surface area (Å²) in [5.41, 5.74) is 0.752. The molecule has 1 aliphatic heterocycles. The van der Waals surface area contributed by atoms with Crippen molar-refractivity contribution in [3.05, 3.63) is 47.2 Å². The van der Waals surface area contributed by atoms with E-state index in [1.807, 2.05) is 12.1 Å². The van der Waals surface area contributed by atoms with E-state index in [2.05, 4.69) is 10.6 Å². The van der Waals surface area contributed by atoms with Crippen LogP contribution in [0.2, 0.25) is 0 Å². The van der Waals surface area contributed by atoms with Gasteiger partial charge in [-0.2, -0.15) is 5.26 Å². The summed E-state index contributed by atoms with van der Waals surface area (Å²) in [6.07, 6.45) is 0. The highest BCUT2D eigenvalue weighted by molar-refractivity contribution is 5.97. The Hall–Kier alpha value is -2.81. The van der Waals surface area contributed by atoms with E-state index in [1.165, 1.54) is 0 Å². The Balaban J connectivity index is 2.46. The smallest absolute Gasteiger partial charge is 0.356 e. The lowest BCUT2D eigenvalue weighted by Gasteiger charge is -2.26. The quantitative estimate of drug-likeness (QED) is 0.812. The molecule has 0 bridgehead atoms. The maximum absolute atomic E-state index is 11.8. The number of hydrogen-bond donors (Lipinski definition) is 2. The van der Waals surface area contributed by atoms with Gasteiger partial charge in [0.15, 0.2) is 0 Å². The van der Waals surface area contributed by atoms with E-state index in [0.29, 0.717) is 0 Å². The Morgan fingerprint density at radius 2 is 2.10 bits per heavy atom. The molecule has 0 fully saturated rings. The van der Waals surface area contributed by atoms with Crippen molar-refractivity contribution >= 4 is 12.0 Å². The van der Waals surface area contributed by atoms with Crippen molar-refractivity contribution in [2.24, 2.45) is 0 Å². The zero-order valence-corrected chi connectivity index (χ0v) is 10.8. The number of nitriles is 1. The highest BCUT2D eigenvalue weighted by Gasteiger charge is 2.32. The molecular formula is C14H13N3O3. The molecule has 1 atom stereocenters. The number of rotatable bonds is 3. The number of benzene rings is 1. The summed E-state index contributed by atoms with van der Waals surface area (Å²) in [4.78, 5) is 23.5. The van der Waals surface area contributed by atoms with Gasteiger partial charge in [-0.05, 0) is 12.5 Å². The van der Waals surface area contributed by atoms with E-state index in [4.69, 9.17) is 4.74 Å². The molecule has 1 aromatic rings. The average Bonchev–Trinajstić information content (AvgIpc) is 2.47. The second kappa shape index (κ2) is 5.89. The molecule has 1 aromatic carbocycles. The molecular weight excluding hydrogens is 258 g/mol. The van der Waals surface area contributed by atoms with Crippen molar-refractivity contribution < 1.29 is 14.3 Å². The van der Waals surface area contributed by atoms with Crippen LogP contribution in [0.25, 0.3) is 0 Å². The van der Waals surface area contributed by atoms with E-state index in [-0.39, 0.29) is 17.9 Å². The average molecular weight is 271 g/mol. The molecule has 20 heavy (non-hydrogen) atoms. The first kappa shape index (κ1) is 13.6. The summed E-state index contributed by atoms with van der Waals surface area (Å²) in [5, 5.41) is 14.2. The molecule has 0 aliphatic carbocycles. The molecule has 0 saturated carbocycles. The minimum atomic E-state index is -0.708. The van der Waals surface area contributed by atoms with Crippen LogP contribution >= 0.6 is 0 Å². The SMILES string of the molecule is CCOC(=O)C1=C(C#N)C(c2ccccc2)NC(=O)N1. The molecule has 2 rings (SSSR count). The van der Waals surface area contributed by atoms with Crippen LogP contribution in [0, 0.1) is 11.3 Å². The van der Waals surface area contributed by atoms with Gasteiger partial charge in [0.25, 0.3) is 0 Å². The first-order chi connectivity index (χ1) is 9.67. The Morgan fingerprint density at radius 1 is 1.40 bits per heavy atom. The summed E-state index contributed by atoms with van der Waals surface area (Å²) in [5.74, 6) is -0.708. The van der Waals surface area contributed by atoms with Crippen LogP contribution in [0.4, 0.5) is 4.79 Å². The first-order valence-electron chi connectivity index (χ1n) is 6.11. The lowest BCUT2D eigenvalue weighted by atomic mass is 9.96. The molecule has 1 heterocycles. The lowest BCUT2D eigenvalue weighted by molar-refractivity contribution is -0.139. The zero-order valence-electron chi connectivity index (χ0n) is 10.8. The lowest BCUT2D eigenvalue weighted by Crippen LogP contribution is -2.46. The van der Waals surface area contributed by atoms with E-state index in [0.717, 1.165) is 5.56 Å². The molecule has 102 valence electrons. The highest BCUT2D eigenvalue weighted by atomic mass is 16.5. The number of amides is 2. The van der Waals surface area contributed by atoms with Crippen LogP contribution in [0.5, 0.6) is 0 Å². The molecule has 6 nitrogen and oxygen atoms in total. The van der Waals surface area contributed by atoms with Gasteiger partial charge in [0.1, 0.15) is 5.70 Å². The van der Waals surface area contributed by atoms with Gasteiger partial charge in [-0.1, -0.05) is 30.3 Å². The van der Waals surface area contributed by atoms with E-state index in [9.17, 15) is 14.9 Å². The third kappa shape index (κ3) is 2.62. The number of nitrogens with zero attached hydrogens (tertiary/aromatic N) is 1. The topological polar surface area (TPSA) is 91.2 Å². The van der Waals surface area contributed by atoms with Gasteiger partial charge < -0.3 is 15.4 Å². The van der Waals surface area contributed by atoms with Crippen molar-refractivity contribution in [3.63, 3.8) is 0 Å². The van der Waals surface area contributed by atoms with Crippen LogP contribution in [0.1, 0.15) is 18.5 Å². The first-order valence-corrected chi connectivity index (χ1v) is 6.11. The van der Waals surface area contributed by atoms with Gasteiger partial charge in [0.2, 0.25) is 0 Å². The van der Waals surface area contributed by atoms with E-state index < -0.39 is 18.0 Å². The maximum Gasteiger partial charge on any atom is 0.356 e. The van der Waals surface area contributed by atoms with Crippen molar-refractivity contribution in [1.82, 2.24) is 10.6 Å². The number of urea groups is 1. The summed E-state index contributed by atoms with van der Waals surface area (Å²) >= 11 is 0. The maximum atomic E-state index is 11.8. The Morgan fingerprint density at radius 3 is 2.70 bits per heavy atom. The standard InChI is InChI=1S/C14H13N3O3/c1-2-20-13(18)12-10(8-15)11(16-14(19)17-12)9-6-4-3-5-7-9/h3-7,11H,2H2,1H3,(H2,16,17,19). The molecule has 2 N–H and O–H groups in total. The predicted molar refractivity (Wildman–Crippen MR) is 70.1 cm³/mol. The highest BCUT2D eigenvalue weighted by Crippen LogP contribution is 2.26. The van der Waals surface area contributed by atoms with Crippen LogP contribution in [-0.4, -0.2) is 18.6 Å². The molecule has 0 aromatic heterocycles. The second-order valence-corrected chi connectivity index (χ2v) is 4.06. The third-order valence-corrected chi connectivity index (χ3v) is 2.80. The summed E-state index contributed by atoms with van der Waals surface area (Å²) in [6, 6.07) is 9.73. The van der Waals surface area contributed by atoms with Gasteiger partial charge in [-0.25, -0.2) is 9.59 Å². The largest absolute Gasteiger partial charge is 0.461 e. The number of esters is 1. The minimum absolute atomic E-state index is 0.105. The number of carbonyl (C=O) groups is 2. The predicted octanol–water partition coefficient (Wildman–Crippen LogP) is 1.38. The number of ether oxygens (including phenoxy) is 1. The number of carbonyl (C=O) groups excluding carboxylic acids is 2. The summed E-state index contributed by atoms with van der Waals surface area (Å²) in [6.45, 7) is 1.82. The van der Waals surface area contributed by atoms with Gasteiger partial charge in [-0.15, -0.1) is 0 Å². The van der Waals surface area contributed by atoms with Crippen molar-refractivity contribution in [2.75, 3.05) is 6.61 Å². The molecule has 1 aliphatic rings. The van der Waals surface area contributed by atoms with Gasteiger partial charge >= 0.3 is 12.0 Å². The molecule has 1 unspecified atom stereocenters. The zero-order chi connectivity index (χ0) is 14.5. The van der Waals surface area contributed by atoms with Crippen LogP contribution in [0.3, 0.4) is 0 Å². The summed E-state index contributed by atoms with van der Waals surface area (Å²) < 4.78 is 4.86. The molecule has 0 radical (unpaired) electrons. The molecule has 0 spiro atoms. The van der Waals surface area contributed by atoms with Gasteiger partial charge in [-0.3, -0.25) is 0 Å². The molecule has 6 heteroatoms. The number of nitrogens with one attached hydrogen (secondary N) is 2. The third-order valence-electron chi connectivity index (χ3n) is 2.80. The molecule has 0 saturated heterocycles. The fraction of sp³-hybridized carbons (Fsp3) is 0.214. The number of hydrogen-bond acceptors (Lipinski definition) is 4. The van der Waals surface area contributed by atoms with E-state index >= 15 is 0 Å². The minimum Gasteiger partial charge on any atom is -0.461 e. The van der Waals surface area contributed by atoms with E-state index in [1.54, 1.807) is 31.2 Å². The molecule has 2 amide bonds. The Kier molecular flexibility index (Phi) is 4.01. The van der Waals surface area contributed by atoms with Crippen molar-refractivity contribution in [3.8, 4) is 6.07 Å². The monoisotopic (exact) mass is 271 g/mol. The second-order valence-electron chi connectivity index (χ2n) is 4.06. The normalized spacial score (nSPS) is 17.8. The van der Waals surface area contributed by atoms with Crippen molar-refractivity contribution in [1.29, 1.82) is 5.26 Å². The van der Waals surface area contributed by atoms with Gasteiger partial charge in [0, 0.05) is 0 Å². The Bertz CT molecular complexity index is 602. The fourth-order valence-corrected chi connectivity index (χ4v) is 1.94. The van der Waals surface area contributed by atoms with Crippen LogP contribution < -0.4 is 10.6 Å². The van der Waals surface area contributed by atoms with Crippen molar-refractivity contribution in [2.45, 2.75) is 13.0 Å². The van der Waals surface area contributed by atoms with Crippen LogP contribution in [0.15, 0.2) is 41.6 Å². The fourth-order valence-electron chi connectivity index (χ4n) is 1.94. The van der Waals surface area contributed by atoms with Gasteiger partial charge in [0.05, 0.1) is 24.3 Å².